The number of rotatable bonds is 9. The quantitative estimate of drug-likeness (QED) is 0.301. The lowest BCUT2D eigenvalue weighted by Gasteiger charge is -2.54. The standard InChI is InChI=1S/C35H42N2O9/c1-40-21-8-9-22-23-11-12-37-18-20-15-29(46-30(38)10-7-19-13-27(41-2)33(43-4)28(14-19)42-3)34(44-5)31(35(39)45-6)24(20)17-26(37)32(23)36-25(22)16-21/h7-10,13-14,16,20,24,26,29,31-32,34H,11-12,15,17-18H2,1-6H3/b10-7+/t20-,24+,26-,29-,31+,32?,34+/m1/s1. The van der Waals surface area contributed by atoms with Crippen LogP contribution in [0, 0.1) is 17.8 Å². The smallest absolute Gasteiger partial charge is 0.331 e. The minimum absolute atomic E-state index is 0.00355. The van der Waals surface area contributed by atoms with Crippen molar-refractivity contribution in [2.45, 2.75) is 43.6 Å². The molecule has 2 aromatic carbocycles. The van der Waals surface area contributed by atoms with Crippen LogP contribution >= 0.6 is 0 Å². The predicted molar refractivity (Wildman–Crippen MR) is 168 cm³/mol. The Morgan fingerprint density at radius 2 is 1.70 bits per heavy atom. The summed E-state index contributed by atoms with van der Waals surface area (Å²) in [6, 6.07) is 9.79. The summed E-state index contributed by atoms with van der Waals surface area (Å²) in [7, 11) is 9.23. The van der Waals surface area contributed by atoms with Gasteiger partial charge in [0.1, 0.15) is 18.0 Å². The van der Waals surface area contributed by atoms with Crippen molar-refractivity contribution in [3.05, 3.63) is 52.5 Å². The molecule has 0 N–H and O–H groups in total. The average molecular weight is 635 g/mol. The molecule has 1 aliphatic carbocycles. The fourth-order valence-corrected chi connectivity index (χ4v) is 8.05. The van der Waals surface area contributed by atoms with E-state index in [9.17, 15) is 9.59 Å². The molecule has 3 fully saturated rings. The maximum absolute atomic E-state index is 13.4. The Morgan fingerprint density at radius 3 is 2.35 bits per heavy atom. The first kappa shape index (κ1) is 31.9. The van der Waals surface area contributed by atoms with Crippen LogP contribution < -0.4 is 29.5 Å². The van der Waals surface area contributed by atoms with Gasteiger partial charge in [-0.3, -0.25) is 14.7 Å². The largest absolute Gasteiger partial charge is 0.497 e. The summed E-state index contributed by atoms with van der Waals surface area (Å²) in [4.78, 5) is 34.2. The van der Waals surface area contributed by atoms with Gasteiger partial charge in [-0.1, -0.05) is 0 Å². The second-order valence-electron chi connectivity index (χ2n) is 12.2. The van der Waals surface area contributed by atoms with Gasteiger partial charge in [0.2, 0.25) is 5.75 Å². The van der Waals surface area contributed by atoms with Crippen molar-refractivity contribution < 1.29 is 42.7 Å². The van der Waals surface area contributed by atoms with E-state index in [-0.39, 0.29) is 29.9 Å². The molecule has 2 saturated heterocycles. The molecule has 246 valence electrons. The van der Waals surface area contributed by atoms with Crippen LogP contribution in [-0.2, 0) is 23.8 Å². The Labute approximate surface area is 268 Å². The summed E-state index contributed by atoms with van der Waals surface area (Å²) in [5, 5.41) is 2.17. The maximum Gasteiger partial charge on any atom is 0.331 e. The third kappa shape index (κ3) is 5.71. The Bertz CT molecular complexity index is 1610. The van der Waals surface area contributed by atoms with E-state index in [0.29, 0.717) is 29.2 Å². The summed E-state index contributed by atoms with van der Waals surface area (Å²) >= 11 is 0. The molecule has 6 rings (SSSR count). The number of carbonyl (C=O) groups excluding carboxylic acids is 2. The highest BCUT2D eigenvalue weighted by Crippen LogP contribution is 2.47. The van der Waals surface area contributed by atoms with Crippen LogP contribution in [0.15, 0.2) is 41.4 Å². The highest BCUT2D eigenvalue weighted by Gasteiger charge is 2.55. The van der Waals surface area contributed by atoms with Crippen LogP contribution in [0.25, 0.3) is 11.6 Å². The number of hydrogen-bond donors (Lipinski definition) is 0. The normalized spacial score (nSPS) is 28.2. The van der Waals surface area contributed by atoms with E-state index in [1.807, 2.05) is 12.1 Å². The fourth-order valence-electron chi connectivity index (χ4n) is 8.05. The molecule has 0 bridgehead atoms. The third-order valence-electron chi connectivity index (χ3n) is 10.1. The molecule has 0 radical (unpaired) electrons. The van der Waals surface area contributed by atoms with E-state index in [2.05, 4.69) is 11.0 Å². The van der Waals surface area contributed by atoms with Crippen LogP contribution in [0.2, 0.25) is 0 Å². The van der Waals surface area contributed by atoms with Crippen molar-refractivity contribution >= 4 is 23.6 Å². The van der Waals surface area contributed by atoms with Crippen molar-refractivity contribution in [3.8, 4) is 23.0 Å². The maximum atomic E-state index is 13.4. The van der Waals surface area contributed by atoms with Crippen LogP contribution in [0.4, 0.5) is 0 Å². The zero-order valence-corrected chi connectivity index (χ0v) is 27.2. The molecule has 11 nitrogen and oxygen atoms in total. The number of piperidine rings is 2. The van der Waals surface area contributed by atoms with Crippen LogP contribution in [0.5, 0.6) is 23.0 Å². The van der Waals surface area contributed by atoms with Gasteiger partial charge >= 0.3 is 11.9 Å². The van der Waals surface area contributed by atoms with Crippen molar-refractivity contribution in [2.75, 3.05) is 55.7 Å². The molecule has 3 heterocycles. The first-order valence-electron chi connectivity index (χ1n) is 15.6. The van der Waals surface area contributed by atoms with Gasteiger partial charge in [-0.2, -0.15) is 0 Å². The van der Waals surface area contributed by atoms with E-state index in [4.69, 9.17) is 38.2 Å². The molecule has 3 aliphatic heterocycles. The van der Waals surface area contributed by atoms with Crippen LogP contribution in [0.1, 0.15) is 24.8 Å². The first-order valence-corrected chi connectivity index (χ1v) is 15.6. The zero-order chi connectivity index (χ0) is 32.5. The Hall–Kier alpha value is -4.09. The van der Waals surface area contributed by atoms with E-state index < -0.39 is 24.1 Å². The molecular formula is C35H42N2O9. The SMILES string of the molecule is COC(=O)[C@H]1[C@H]2C[C@@H]3C4N=c5cc(OC)ccc5=C4CCN3C[C@H]2C[C@@H](OC(=O)/C=C/c2cc(OC)c(OC)c(OC)c2)[C@@H]1OC. The van der Waals surface area contributed by atoms with Crippen molar-refractivity contribution in [2.24, 2.45) is 22.7 Å². The number of carbonyl (C=O) groups is 2. The molecule has 0 spiro atoms. The Morgan fingerprint density at radius 1 is 0.935 bits per heavy atom. The number of ether oxygens (including phenoxy) is 7. The average Bonchev–Trinajstić information content (AvgIpc) is 3.46. The molecule has 7 atom stereocenters. The molecule has 11 heteroatoms. The van der Waals surface area contributed by atoms with Gasteiger partial charge in [0.05, 0.1) is 52.9 Å². The Kier molecular flexibility index (Phi) is 9.24. The van der Waals surface area contributed by atoms with Gasteiger partial charge in [0, 0.05) is 43.6 Å². The van der Waals surface area contributed by atoms with Crippen LogP contribution in [-0.4, -0.2) is 96.9 Å². The van der Waals surface area contributed by atoms with E-state index in [1.54, 1.807) is 32.4 Å². The summed E-state index contributed by atoms with van der Waals surface area (Å²) in [6.07, 6.45) is 4.02. The summed E-state index contributed by atoms with van der Waals surface area (Å²) < 4.78 is 39.0. The summed E-state index contributed by atoms with van der Waals surface area (Å²) in [6.45, 7) is 1.70. The van der Waals surface area contributed by atoms with Crippen LogP contribution in [0.3, 0.4) is 0 Å². The second-order valence-corrected chi connectivity index (χ2v) is 12.2. The highest BCUT2D eigenvalue weighted by atomic mass is 16.6. The molecule has 4 aliphatic rings. The number of benzene rings is 2. The highest BCUT2D eigenvalue weighted by molar-refractivity contribution is 5.87. The summed E-state index contributed by atoms with van der Waals surface area (Å²) in [5.74, 6) is 0.852. The molecule has 46 heavy (non-hydrogen) atoms. The van der Waals surface area contributed by atoms with E-state index >= 15 is 0 Å². The monoisotopic (exact) mass is 634 g/mol. The predicted octanol–water partition coefficient (Wildman–Crippen LogP) is 2.42. The van der Waals surface area contributed by atoms with Gasteiger partial charge in [0.15, 0.2) is 11.5 Å². The lowest BCUT2D eigenvalue weighted by atomic mass is 9.63. The van der Waals surface area contributed by atoms with Gasteiger partial charge in [0.25, 0.3) is 0 Å². The molecule has 2 aromatic rings. The van der Waals surface area contributed by atoms with Gasteiger partial charge in [-0.25, -0.2) is 4.79 Å². The lowest BCUT2D eigenvalue weighted by molar-refractivity contribution is -0.186. The number of methoxy groups -OCH3 is 6. The minimum atomic E-state index is -0.646. The lowest BCUT2D eigenvalue weighted by Crippen LogP contribution is -2.62. The summed E-state index contributed by atoms with van der Waals surface area (Å²) in [5.41, 5.74) is 2.03. The molecular weight excluding hydrogens is 592 g/mol. The molecule has 1 saturated carbocycles. The number of hydrogen-bond acceptors (Lipinski definition) is 11. The van der Waals surface area contributed by atoms with Gasteiger partial charge in [-0.05, 0) is 72.6 Å². The molecule has 0 amide bonds. The topological polar surface area (TPSA) is 114 Å². The van der Waals surface area contributed by atoms with Crippen molar-refractivity contribution in [3.63, 3.8) is 0 Å². The molecule has 1 unspecified atom stereocenters. The van der Waals surface area contributed by atoms with E-state index in [1.165, 1.54) is 45.3 Å². The number of nitrogens with zero attached hydrogens (tertiary/aromatic N) is 2. The van der Waals surface area contributed by atoms with E-state index in [0.717, 1.165) is 37.0 Å². The molecule has 0 aromatic heterocycles. The van der Waals surface area contributed by atoms with Gasteiger partial charge < -0.3 is 33.2 Å². The number of esters is 2. The number of fused-ring (bicyclic) bond motifs is 5. The van der Waals surface area contributed by atoms with Crippen molar-refractivity contribution in [1.82, 2.24) is 4.90 Å². The van der Waals surface area contributed by atoms with Gasteiger partial charge in [-0.15, -0.1) is 0 Å². The minimum Gasteiger partial charge on any atom is -0.497 e. The zero-order valence-electron chi connectivity index (χ0n) is 27.2. The first-order chi connectivity index (χ1) is 22.3. The second kappa shape index (κ2) is 13.3. The van der Waals surface area contributed by atoms with Crippen molar-refractivity contribution in [1.29, 1.82) is 0 Å². The fraction of sp³-hybridized carbons (Fsp3) is 0.514. The Balaban J connectivity index is 1.22. The third-order valence-corrected chi connectivity index (χ3v) is 10.1.